The number of carbonyl (C=O) groups excluding carboxylic acids is 1. The minimum atomic E-state index is -2.04. The normalized spacial score (nSPS) is 11.3. The van der Waals surface area contributed by atoms with E-state index >= 15 is 0 Å². The van der Waals surface area contributed by atoms with Crippen LogP contribution in [0.3, 0.4) is 0 Å². The number of alkyl halides is 3. The fourth-order valence-corrected chi connectivity index (χ4v) is 0.349. The molecule has 11 heavy (non-hydrogen) atoms. The van der Waals surface area contributed by atoms with Crippen LogP contribution in [0.1, 0.15) is 0 Å². The van der Waals surface area contributed by atoms with E-state index < -0.39 is 9.76 Å². The van der Waals surface area contributed by atoms with Crippen LogP contribution in [-0.2, 0) is 9.63 Å². The topological polar surface area (TPSA) is 64.3 Å². The molecule has 0 aliphatic carbocycles. The molecule has 0 aromatic rings. The van der Waals surface area contributed by atoms with E-state index in [1.54, 1.807) is 0 Å². The van der Waals surface area contributed by atoms with E-state index in [0.717, 1.165) is 0 Å². The van der Waals surface area contributed by atoms with E-state index in [9.17, 15) is 4.79 Å². The van der Waals surface area contributed by atoms with Gasteiger partial charge in [-0.25, -0.2) is 4.79 Å². The number of rotatable bonds is 3. The van der Waals surface area contributed by atoms with Crippen LogP contribution >= 0.6 is 34.8 Å². The smallest absolute Gasteiger partial charge is 0.367 e. The van der Waals surface area contributed by atoms with Crippen LogP contribution < -0.4 is 11.2 Å². The molecule has 0 rings (SSSR count). The number of hydrogen-bond donors (Lipinski definition) is 2. The summed E-state index contributed by atoms with van der Waals surface area (Å²) in [6, 6.07) is 0. The van der Waals surface area contributed by atoms with Gasteiger partial charge in [0.15, 0.2) is 0 Å². The first-order valence-electron chi connectivity index (χ1n) is 2.69. The van der Waals surface area contributed by atoms with Gasteiger partial charge in [-0.15, -0.1) is 0 Å². The lowest BCUT2D eigenvalue weighted by Crippen LogP contribution is -2.31. The largest absolute Gasteiger partial charge is 0.377 e. The Hall–Kier alpha value is 0.260. The summed E-state index contributed by atoms with van der Waals surface area (Å²) in [4.78, 5) is 14.9. The van der Waals surface area contributed by atoms with Crippen molar-refractivity contribution < 1.29 is 9.63 Å². The maximum atomic E-state index is 10.6. The minimum Gasteiger partial charge on any atom is -0.367 e. The molecule has 0 aromatic heterocycles. The highest BCUT2D eigenvalue weighted by Gasteiger charge is 2.32. The van der Waals surface area contributed by atoms with Crippen molar-refractivity contribution in [2.45, 2.75) is 3.79 Å². The number of hydroxylamine groups is 1. The van der Waals surface area contributed by atoms with E-state index in [0.29, 0.717) is 13.1 Å². The van der Waals surface area contributed by atoms with Crippen LogP contribution in [-0.4, -0.2) is 22.9 Å². The van der Waals surface area contributed by atoms with E-state index in [1.165, 1.54) is 0 Å². The molecule has 4 nitrogen and oxygen atoms in total. The Kier molecular flexibility index (Phi) is 5.12. The summed E-state index contributed by atoms with van der Waals surface area (Å²) in [6.07, 6.45) is 0. The molecule has 0 unspecified atom stereocenters. The standard InChI is InChI=1S/C4H7Cl3N2O2/c5-4(6,7)3(10)11-9-2-1-8/h9H,1-2,8H2. The molecule has 0 heterocycles. The van der Waals surface area contributed by atoms with Gasteiger partial charge in [0.2, 0.25) is 0 Å². The quantitative estimate of drug-likeness (QED) is 0.410. The Bertz CT molecular complexity index is 136. The van der Waals surface area contributed by atoms with Gasteiger partial charge in [-0.3, -0.25) is 0 Å². The number of carbonyl (C=O) groups is 1. The summed E-state index contributed by atoms with van der Waals surface area (Å²) < 4.78 is -2.04. The lowest BCUT2D eigenvalue weighted by atomic mass is 10.7. The van der Waals surface area contributed by atoms with Gasteiger partial charge < -0.3 is 10.6 Å². The van der Waals surface area contributed by atoms with Crippen molar-refractivity contribution in [2.75, 3.05) is 13.1 Å². The van der Waals surface area contributed by atoms with Crippen LogP contribution in [0.5, 0.6) is 0 Å². The molecule has 0 saturated heterocycles. The average Bonchev–Trinajstić information content (AvgIpc) is 1.86. The Labute approximate surface area is 78.9 Å². The van der Waals surface area contributed by atoms with Crippen molar-refractivity contribution in [3.8, 4) is 0 Å². The van der Waals surface area contributed by atoms with Gasteiger partial charge in [-0.05, 0) is 0 Å². The molecule has 0 amide bonds. The van der Waals surface area contributed by atoms with Crippen molar-refractivity contribution in [2.24, 2.45) is 5.73 Å². The third kappa shape index (κ3) is 5.52. The van der Waals surface area contributed by atoms with Crippen molar-refractivity contribution >= 4 is 40.8 Å². The maximum Gasteiger partial charge on any atom is 0.377 e. The average molecular weight is 221 g/mol. The number of nitrogens with one attached hydrogen (secondary N) is 1. The highest BCUT2D eigenvalue weighted by Crippen LogP contribution is 2.26. The Balaban J connectivity index is 3.54. The lowest BCUT2D eigenvalue weighted by Gasteiger charge is -2.09. The van der Waals surface area contributed by atoms with E-state index in [-0.39, 0.29) is 0 Å². The number of nitrogens with two attached hydrogens (primary N) is 1. The first-order valence-corrected chi connectivity index (χ1v) is 3.83. The summed E-state index contributed by atoms with van der Waals surface area (Å²) in [5.74, 6) is -0.976. The van der Waals surface area contributed by atoms with Gasteiger partial charge in [0.25, 0.3) is 3.79 Å². The molecule has 0 aliphatic rings. The van der Waals surface area contributed by atoms with Crippen molar-refractivity contribution in [3.05, 3.63) is 0 Å². The minimum absolute atomic E-state index is 0.312. The van der Waals surface area contributed by atoms with Crippen LogP contribution in [0, 0.1) is 0 Å². The third-order valence-electron chi connectivity index (χ3n) is 0.643. The molecule has 0 bridgehead atoms. The second-order valence-corrected chi connectivity index (χ2v) is 3.85. The van der Waals surface area contributed by atoms with Crippen molar-refractivity contribution in [3.63, 3.8) is 0 Å². The molecule has 0 saturated carbocycles. The highest BCUT2D eigenvalue weighted by atomic mass is 35.6. The number of halogens is 3. The molecular formula is C4H7Cl3N2O2. The molecule has 0 aromatic carbocycles. The van der Waals surface area contributed by atoms with Crippen LogP contribution in [0.25, 0.3) is 0 Å². The molecule has 0 radical (unpaired) electrons. The van der Waals surface area contributed by atoms with Crippen LogP contribution in [0.4, 0.5) is 0 Å². The summed E-state index contributed by atoms with van der Waals surface area (Å²) in [7, 11) is 0. The first-order chi connectivity index (χ1) is 4.98. The molecule has 0 spiro atoms. The van der Waals surface area contributed by atoms with E-state index in [2.05, 4.69) is 10.3 Å². The summed E-state index contributed by atoms with van der Waals surface area (Å²) in [5, 5.41) is 0. The number of hydrogen-bond acceptors (Lipinski definition) is 4. The Morgan fingerprint density at radius 2 is 2.09 bits per heavy atom. The molecule has 0 atom stereocenters. The van der Waals surface area contributed by atoms with E-state index in [4.69, 9.17) is 40.5 Å². The second-order valence-electron chi connectivity index (χ2n) is 1.57. The van der Waals surface area contributed by atoms with Crippen LogP contribution in [0.2, 0.25) is 0 Å². The molecule has 0 aliphatic heterocycles. The van der Waals surface area contributed by atoms with Gasteiger partial charge in [0, 0.05) is 13.1 Å². The fraction of sp³-hybridized carbons (Fsp3) is 0.750. The highest BCUT2D eigenvalue weighted by molar-refractivity contribution is 6.75. The molecule has 66 valence electrons. The zero-order valence-corrected chi connectivity index (χ0v) is 7.71. The molecular weight excluding hydrogens is 214 g/mol. The monoisotopic (exact) mass is 220 g/mol. The SMILES string of the molecule is NCCNOC(=O)C(Cl)(Cl)Cl. The summed E-state index contributed by atoms with van der Waals surface area (Å²) >= 11 is 15.4. The first kappa shape index (κ1) is 11.3. The molecule has 3 N–H and O–H groups in total. The van der Waals surface area contributed by atoms with Crippen molar-refractivity contribution in [1.29, 1.82) is 0 Å². The predicted molar refractivity (Wildman–Crippen MR) is 43.4 cm³/mol. The molecule has 0 fully saturated rings. The zero-order valence-electron chi connectivity index (χ0n) is 5.44. The van der Waals surface area contributed by atoms with Crippen molar-refractivity contribution in [1.82, 2.24) is 5.48 Å². The van der Waals surface area contributed by atoms with Gasteiger partial charge in [-0.1, -0.05) is 34.8 Å². The molecule has 7 heteroatoms. The maximum absolute atomic E-state index is 10.6. The zero-order chi connectivity index (χ0) is 8.91. The lowest BCUT2D eigenvalue weighted by molar-refractivity contribution is -0.149. The fourth-order valence-electron chi connectivity index (χ4n) is 0.233. The Morgan fingerprint density at radius 3 is 2.45 bits per heavy atom. The van der Waals surface area contributed by atoms with Gasteiger partial charge in [0.1, 0.15) is 0 Å². The summed E-state index contributed by atoms with van der Waals surface area (Å²) in [6.45, 7) is 0.639. The Morgan fingerprint density at radius 1 is 1.55 bits per heavy atom. The third-order valence-corrected chi connectivity index (χ3v) is 1.11. The summed E-state index contributed by atoms with van der Waals surface area (Å²) in [5.41, 5.74) is 7.28. The van der Waals surface area contributed by atoms with Gasteiger partial charge in [-0.2, -0.15) is 5.48 Å². The van der Waals surface area contributed by atoms with Gasteiger partial charge in [0.05, 0.1) is 0 Å². The van der Waals surface area contributed by atoms with E-state index in [1.807, 2.05) is 0 Å². The second kappa shape index (κ2) is 5.00. The predicted octanol–water partition coefficient (Wildman–Crippen LogP) is 0.363. The van der Waals surface area contributed by atoms with Crippen LogP contribution in [0.15, 0.2) is 0 Å². The van der Waals surface area contributed by atoms with Gasteiger partial charge >= 0.3 is 5.97 Å².